The molecule has 2 atom stereocenters. The number of primary amides is 1. The van der Waals surface area contributed by atoms with E-state index < -0.39 is 53.2 Å². The number of hydrogen-bond donors (Lipinski definition) is 7. The lowest BCUT2D eigenvalue weighted by atomic mass is 10.1. The fourth-order valence-electron chi connectivity index (χ4n) is 1.96. The summed E-state index contributed by atoms with van der Waals surface area (Å²) < 4.78 is 0.479. The van der Waals surface area contributed by atoms with E-state index in [-0.39, 0.29) is 29.8 Å². The monoisotopic (exact) mass is 599 g/mol. The molecule has 0 saturated heterocycles. The van der Waals surface area contributed by atoms with Crippen LogP contribution < -0.4 is 22.1 Å². The fourth-order valence-corrected chi connectivity index (χ4v) is 2.75. The van der Waals surface area contributed by atoms with Crippen molar-refractivity contribution in [2.75, 3.05) is 12.3 Å². The zero-order valence-corrected chi connectivity index (χ0v) is 19.9. The molecule has 0 bridgehead atoms. The third-order valence-corrected chi connectivity index (χ3v) is 4.95. The minimum absolute atomic E-state index is 0.0256. The Labute approximate surface area is 206 Å². The van der Waals surface area contributed by atoms with Gasteiger partial charge in [0.1, 0.15) is 18.6 Å². The van der Waals surface area contributed by atoms with E-state index in [1.54, 1.807) is 0 Å². The Hall–Kier alpha value is -2.99. The SMILES string of the molecule is NC(=O)c1ccc(I)c([N+](=O)[O-])c1.N[C@@H](CCC(=O)N[C@@H](CS)C(=O)NCC(=O)O)C(=O)O. The largest absolute Gasteiger partial charge is 0.480 e. The molecule has 3 amide bonds. The van der Waals surface area contributed by atoms with E-state index in [1.165, 1.54) is 18.2 Å². The van der Waals surface area contributed by atoms with Crippen LogP contribution in [-0.2, 0) is 19.2 Å². The lowest BCUT2D eigenvalue weighted by Crippen LogP contribution is -2.49. The molecule has 1 rings (SSSR count). The van der Waals surface area contributed by atoms with Gasteiger partial charge in [0.05, 0.1) is 8.49 Å². The molecule has 1 aromatic rings. The molecule has 0 heterocycles. The number of rotatable bonds is 11. The molecular weight excluding hydrogens is 577 g/mol. The maximum absolute atomic E-state index is 11.5. The molecule has 0 aromatic heterocycles. The molecule has 0 aliphatic carbocycles. The second-order valence-electron chi connectivity index (χ2n) is 6.19. The number of amides is 3. The topological polar surface area (TPSA) is 245 Å². The zero-order chi connectivity index (χ0) is 25.7. The summed E-state index contributed by atoms with van der Waals surface area (Å²) in [6.45, 7) is -0.567. The van der Waals surface area contributed by atoms with Crippen molar-refractivity contribution in [2.45, 2.75) is 24.9 Å². The van der Waals surface area contributed by atoms with Crippen molar-refractivity contribution in [1.82, 2.24) is 10.6 Å². The van der Waals surface area contributed by atoms with E-state index in [4.69, 9.17) is 21.7 Å². The van der Waals surface area contributed by atoms with Gasteiger partial charge in [-0.25, -0.2) is 0 Å². The predicted molar refractivity (Wildman–Crippen MR) is 126 cm³/mol. The molecular formula is C17H22IN5O9S. The van der Waals surface area contributed by atoms with Crippen LogP contribution in [0.15, 0.2) is 18.2 Å². The van der Waals surface area contributed by atoms with Gasteiger partial charge >= 0.3 is 11.9 Å². The minimum atomic E-state index is -1.22. The number of carbonyl (C=O) groups is 5. The van der Waals surface area contributed by atoms with E-state index >= 15 is 0 Å². The number of benzene rings is 1. The first-order chi connectivity index (χ1) is 15.3. The van der Waals surface area contributed by atoms with Gasteiger partial charge in [0, 0.05) is 23.8 Å². The second kappa shape index (κ2) is 15.0. The zero-order valence-electron chi connectivity index (χ0n) is 16.9. The number of nitrogens with one attached hydrogen (secondary N) is 2. The number of nitro benzene ring substituents is 1. The van der Waals surface area contributed by atoms with Crippen LogP contribution in [0.3, 0.4) is 0 Å². The average Bonchev–Trinajstić information content (AvgIpc) is 2.74. The van der Waals surface area contributed by atoms with Crippen LogP contribution in [0, 0.1) is 13.7 Å². The molecule has 33 heavy (non-hydrogen) atoms. The molecule has 8 N–H and O–H groups in total. The summed E-state index contributed by atoms with van der Waals surface area (Å²) >= 11 is 5.70. The Kier molecular flexibility index (Phi) is 13.6. The third kappa shape index (κ3) is 12.0. The lowest BCUT2D eigenvalue weighted by molar-refractivity contribution is -0.385. The highest BCUT2D eigenvalue weighted by molar-refractivity contribution is 14.1. The normalized spacial score (nSPS) is 11.7. The van der Waals surface area contributed by atoms with E-state index in [0.29, 0.717) is 3.57 Å². The summed E-state index contributed by atoms with van der Waals surface area (Å²) in [6, 6.07) is 1.96. The number of aliphatic carboxylic acids is 2. The summed E-state index contributed by atoms with van der Waals surface area (Å²) in [5, 5.41) is 31.8. The highest BCUT2D eigenvalue weighted by Crippen LogP contribution is 2.21. The van der Waals surface area contributed by atoms with Crippen LogP contribution in [0.4, 0.5) is 5.69 Å². The first-order valence-corrected chi connectivity index (χ1v) is 10.6. The first-order valence-electron chi connectivity index (χ1n) is 8.92. The Bertz CT molecular complexity index is 915. The van der Waals surface area contributed by atoms with Crippen LogP contribution in [0.25, 0.3) is 0 Å². The fraction of sp³-hybridized carbons (Fsp3) is 0.353. The van der Waals surface area contributed by atoms with Crippen LogP contribution >= 0.6 is 35.2 Å². The Balaban J connectivity index is 0.000000676. The number of carbonyl (C=O) groups excluding carboxylic acids is 3. The van der Waals surface area contributed by atoms with E-state index in [0.717, 1.165) is 0 Å². The van der Waals surface area contributed by atoms with E-state index in [9.17, 15) is 34.1 Å². The molecule has 0 fully saturated rings. The van der Waals surface area contributed by atoms with Gasteiger partial charge in [-0.05, 0) is 41.1 Å². The smallest absolute Gasteiger partial charge is 0.322 e. The number of halogens is 1. The predicted octanol–water partition coefficient (Wildman–Crippen LogP) is -0.908. The Morgan fingerprint density at radius 2 is 1.82 bits per heavy atom. The maximum Gasteiger partial charge on any atom is 0.322 e. The molecule has 0 saturated carbocycles. The van der Waals surface area contributed by atoms with Gasteiger partial charge in [-0.2, -0.15) is 12.6 Å². The summed E-state index contributed by atoms with van der Waals surface area (Å²) in [6.07, 6.45) is -0.235. The molecule has 182 valence electrons. The number of nitro groups is 1. The molecule has 0 spiro atoms. The van der Waals surface area contributed by atoms with Gasteiger partial charge in [-0.3, -0.25) is 34.1 Å². The number of hydrogen-bond acceptors (Lipinski definition) is 9. The second-order valence-corrected chi connectivity index (χ2v) is 7.71. The number of carboxylic acids is 2. The molecule has 16 heteroatoms. The summed E-state index contributed by atoms with van der Waals surface area (Å²) in [4.78, 5) is 64.3. The van der Waals surface area contributed by atoms with Gasteiger partial charge in [0.15, 0.2) is 0 Å². The molecule has 1 aromatic carbocycles. The summed E-state index contributed by atoms with van der Waals surface area (Å²) in [5.41, 5.74) is 10.2. The lowest BCUT2D eigenvalue weighted by Gasteiger charge is -2.16. The van der Waals surface area contributed by atoms with Gasteiger partial charge in [-0.1, -0.05) is 0 Å². The van der Waals surface area contributed by atoms with Crippen LogP contribution in [0.1, 0.15) is 23.2 Å². The molecule has 0 radical (unpaired) electrons. The Morgan fingerprint density at radius 3 is 2.27 bits per heavy atom. The number of nitrogens with zero attached hydrogens (tertiary/aromatic N) is 1. The number of nitrogens with two attached hydrogens (primary N) is 2. The van der Waals surface area contributed by atoms with Gasteiger partial charge in [0.2, 0.25) is 17.7 Å². The van der Waals surface area contributed by atoms with Crippen LogP contribution in [0.2, 0.25) is 0 Å². The first kappa shape index (κ1) is 30.0. The van der Waals surface area contributed by atoms with Crippen molar-refractivity contribution < 1.29 is 39.1 Å². The van der Waals surface area contributed by atoms with Crippen molar-refractivity contribution in [3.05, 3.63) is 37.4 Å². The summed E-state index contributed by atoms with van der Waals surface area (Å²) in [5.74, 6) is -4.37. The van der Waals surface area contributed by atoms with E-state index in [2.05, 4.69) is 23.3 Å². The van der Waals surface area contributed by atoms with Crippen molar-refractivity contribution in [3.63, 3.8) is 0 Å². The standard InChI is InChI=1S/C10H17N3O6S.C7H5IN2O3/c11-5(10(18)19)1-2-7(14)13-6(4-20)9(17)12-3-8(15)16;8-5-2-1-4(7(9)11)3-6(5)10(12)13/h5-6,20H,1-4,11H2,(H,12,17)(H,13,14)(H,15,16)(H,18,19);1-3H,(H2,9,11)/t5-,6-;/m0./s1. The number of thiol groups is 1. The van der Waals surface area contributed by atoms with Crippen molar-refractivity contribution in [3.8, 4) is 0 Å². The third-order valence-electron chi connectivity index (χ3n) is 3.68. The quantitative estimate of drug-likeness (QED) is 0.0714. The van der Waals surface area contributed by atoms with Gasteiger partial charge in [0.25, 0.3) is 5.69 Å². The maximum atomic E-state index is 11.5. The Morgan fingerprint density at radius 1 is 1.21 bits per heavy atom. The highest BCUT2D eigenvalue weighted by atomic mass is 127. The van der Waals surface area contributed by atoms with Gasteiger partial charge < -0.3 is 32.3 Å². The molecule has 0 aliphatic heterocycles. The molecule has 0 aliphatic rings. The minimum Gasteiger partial charge on any atom is -0.480 e. The van der Waals surface area contributed by atoms with Crippen LogP contribution in [-0.4, -0.2) is 69.2 Å². The van der Waals surface area contributed by atoms with E-state index in [1.807, 2.05) is 22.6 Å². The summed E-state index contributed by atoms with van der Waals surface area (Å²) in [7, 11) is 0. The van der Waals surface area contributed by atoms with Gasteiger partial charge in [-0.15, -0.1) is 0 Å². The number of carboxylic acid groups (broad SMARTS) is 2. The molecule has 14 nitrogen and oxygen atoms in total. The highest BCUT2D eigenvalue weighted by Gasteiger charge is 2.21. The van der Waals surface area contributed by atoms with Crippen LogP contribution in [0.5, 0.6) is 0 Å². The average molecular weight is 599 g/mol. The van der Waals surface area contributed by atoms with Crippen molar-refractivity contribution in [2.24, 2.45) is 11.5 Å². The van der Waals surface area contributed by atoms with Crippen molar-refractivity contribution >= 4 is 70.6 Å². The molecule has 0 unspecified atom stereocenters. The van der Waals surface area contributed by atoms with Crippen molar-refractivity contribution in [1.29, 1.82) is 0 Å².